The van der Waals surface area contributed by atoms with Gasteiger partial charge in [-0.25, -0.2) is 4.90 Å². The molecule has 0 saturated carbocycles. The second kappa shape index (κ2) is 4.70. The first-order chi connectivity index (χ1) is 11.6. The van der Waals surface area contributed by atoms with Gasteiger partial charge in [0.05, 0.1) is 35.3 Å². The molecule has 5 nitrogen and oxygen atoms in total. The normalized spacial score (nSPS) is 36.4. The molecule has 132 valence electrons. The fraction of sp³-hybridized carbons (Fsp3) is 0.412. The van der Waals surface area contributed by atoms with E-state index in [9.17, 15) is 27.9 Å². The lowest BCUT2D eigenvalue weighted by Crippen LogP contribution is -2.43. The highest BCUT2D eigenvalue weighted by atomic mass is 19.4. The standard InChI is InChI=1S/C17H14F3NO4/c1-15-5-6-16(8-22,25-15)12-11(15)13(23)21(14(12)24)10-4-2-3-9(7-10)17(18,19)20/h2-7,11-12,22H,8H2,1H3/t11-,12+,15+,16+/m1/s1. The number of hydrogen-bond donors (Lipinski definition) is 1. The summed E-state index contributed by atoms with van der Waals surface area (Å²) in [6.45, 7) is 1.14. The molecule has 1 aromatic carbocycles. The third kappa shape index (κ3) is 1.98. The van der Waals surface area contributed by atoms with Gasteiger partial charge in [-0.1, -0.05) is 18.2 Å². The van der Waals surface area contributed by atoms with E-state index in [1.807, 2.05) is 0 Å². The lowest BCUT2D eigenvalue weighted by atomic mass is 9.73. The number of carbonyl (C=O) groups excluding carboxylic acids is 2. The van der Waals surface area contributed by atoms with Gasteiger partial charge in [0, 0.05) is 0 Å². The maximum absolute atomic E-state index is 12.9. The zero-order chi connectivity index (χ0) is 18.2. The van der Waals surface area contributed by atoms with Crippen molar-refractivity contribution in [3.63, 3.8) is 0 Å². The Morgan fingerprint density at radius 1 is 1.20 bits per heavy atom. The highest BCUT2D eigenvalue weighted by Gasteiger charge is 2.72. The second-order valence-electron chi connectivity index (χ2n) is 6.75. The van der Waals surface area contributed by atoms with E-state index in [1.54, 1.807) is 19.1 Å². The van der Waals surface area contributed by atoms with Crippen molar-refractivity contribution in [3.8, 4) is 0 Å². The number of halogens is 3. The zero-order valence-corrected chi connectivity index (χ0v) is 13.1. The molecule has 2 saturated heterocycles. The molecule has 3 heterocycles. The molecule has 3 aliphatic heterocycles. The lowest BCUT2D eigenvalue weighted by Gasteiger charge is -2.27. The predicted molar refractivity (Wildman–Crippen MR) is 79.4 cm³/mol. The maximum Gasteiger partial charge on any atom is 0.416 e. The Kier molecular flexibility index (Phi) is 3.06. The minimum absolute atomic E-state index is 0.129. The van der Waals surface area contributed by atoms with E-state index >= 15 is 0 Å². The van der Waals surface area contributed by atoms with Gasteiger partial charge in [-0.05, 0) is 25.1 Å². The molecule has 3 aliphatic rings. The van der Waals surface area contributed by atoms with Crippen molar-refractivity contribution in [2.75, 3.05) is 11.5 Å². The predicted octanol–water partition coefficient (Wildman–Crippen LogP) is 1.90. The minimum Gasteiger partial charge on any atom is -0.393 e. The molecule has 1 aromatic rings. The van der Waals surface area contributed by atoms with Gasteiger partial charge in [-0.15, -0.1) is 0 Å². The fourth-order valence-corrected chi connectivity index (χ4v) is 4.12. The molecule has 0 unspecified atom stereocenters. The van der Waals surface area contributed by atoms with Gasteiger partial charge in [-0.2, -0.15) is 13.2 Å². The molecule has 2 fully saturated rings. The van der Waals surface area contributed by atoms with E-state index in [-0.39, 0.29) is 5.69 Å². The van der Waals surface area contributed by atoms with E-state index in [2.05, 4.69) is 0 Å². The van der Waals surface area contributed by atoms with Gasteiger partial charge < -0.3 is 9.84 Å². The van der Waals surface area contributed by atoms with Gasteiger partial charge in [0.15, 0.2) is 0 Å². The molecular weight excluding hydrogens is 339 g/mol. The van der Waals surface area contributed by atoms with Crippen LogP contribution < -0.4 is 4.90 Å². The lowest BCUT2D eigenvalue weighted by molar-refractivity contribution is -0.138. The van der Waals surface area contributed by atoms with Crippen LogP contribution in [0, 0.1) is 11.8 Å². The van der Waals surface area contributed by atoms with Crippen molar-refractivity contribution >= 4 is 17.5 Å². The number of anilines is 1. The van der Waals surface area contributed by atoms with Crippen molar-refractivity contribution in [1.29, 1.82) is 0 Å². The molecule has 25 heavy (non-hydrogen) atoms. The highest BCUT2D eigenvalue weighted by Crippen LogP contribution is 2.57. The van der Waals surface area contributed by atoms with Crippen LogP contribution in [0.3, 0.4) is 0 Å². The van der Waals surface area contributed by atoms with E-state index in [0.717, 1.165) is 23.1 Å². The summed E-state index contributed by atoms with van der Waals surface area (Å²) in [5.74, 6) is -3.09. The number of nitrogens with zero attached hydrogens (tertiary/aromatic N) is 1. The van der Waals surface area contributed by atoms with E-state index in [1.165, 1.54) is 6.07 Å². The molecule has 2 amide bonds. The summed E-state index contributed by atoms with van der Waals surface area (Å²) in [7, 11) is 0. The summed E-state index contributed by atoms with van der Waals surface area (Å²) in [6.07, 6.45) is -1.39. The molecule has 0 aromatic heterocycles. The highest BCUT2D eigenvalue weighted by molar-refractivity contribution is 6.23. The maximum atomic E-state index is 12.9. The number of imide groups is 1. The average molecular weight is 353 g/mol. The first-order valence-electron chi connectivity index (χ1n) is 7.69. The monoisotopic (exact) mass is 353 g/mol. The third-order valence-electron chi connectivity index (χ3n) is 5.24. The molecule has 8 heteroatoms. The van der Waals surface area contributed by atoms with Gasteiger partial charge in [-0.3, -0.25) is 9.59 Å². The van der Waals surface area contributed by atoms with E-state index in [4.69, 9.17) is 4.74 Å². The molecule has 2 bridgehead atoms. The Morgan fingerprint density at radius 3 is 2.52 bits per heavy atom. The van der Waals surface area contributed by atoms with Crippen LogP contribution in [0.15, 0.2) is 36.4 Å². The molecular formula is C17H14F3NO4. The number of fused-ring (bicyclic) bond motifs is 5. The third-order valence-corrected chi connectivity index (χ3v) is 5.24. The Bertz CT molecular complexity index is 820. The van der Waals surface area contributed by atoms with E-state index < -0.39 is 53.2 Å². The Hall–Kier alpha value is -2.19. The van der Waals surface area contributed by atoms with Crippen LogP contribution in [0.5, 0.6) is 0 Å². The molecule has 1 N–H and O–H groups in total. The number of hydrogen-bond acceptors (Lipinski definition) is 4. The van der Waals surface area contributed by atoms with Crippen molar-refractivity contribution in [1.82, 2.24) is 0 Å². The number of carbonyl (C=O) groups is 2. The SMILES string of the molecule is C[C@@]12C=C[C@@](CO)(O1)[C@@H]1C(=O)N(c3cccc(C(F)(F)F)c3)C(=O)[C@@H]12. The number of rotatable bonds is 2. The summed E-state index contributed by atoms with van der Waals surface area (Å²) in [5, 5.41) is 9.71. The van der Waals surface area contributed by atoms with Crippen LogP contribution in [0.2, 0.25) is 0 Å². The average Bonchev–Trinajstić information content (AvgIpc) is 3.13. The van der Waals surface area contributed by atoms with Crippen molar-refractivity contribution < 1.29 is 32.6 Å². The largest absolute Gasteiger partial charge is 0.416 e. The Morgan fingerprint density at radius 2 is 1.88 bits per heavy atom. The molecule has 0 radical (unpaired) electrons. The fourth-order valence-electron chi connectivity index (χ4n) is 4.12. The smallest absolute Gasteiger partial charge is 0.393 e. The number of ether oxygens (including phenoxy) is 1. The summed E-state index contributed by atoms with van der Waals surface area (Å²) in [5.41, 5.74) is -3.43. The molecule has 0 aliphatic carbocycles. The van der Waals surface area contributed by atoms with Crippen LogP contribution in [0.25, 0.3) is 0 Å². The first-order valence-corrected chi connectivity index (χ1v) is 7.69. The van der Waals surface area contributed by atoms with E-state index in [0.29, 0.717) is 0 Å². The number of aliphatic hydroxyl groups is 1. The summed E-state index contributed by atoms with van der Waals surface area (Å²) in [4.78, 5) is 26.5. The van der Waals surface area contributed by atoms with Crippen LogP contribution in [-0.2, 0) is 20.5 Å². The van der Waals surface area contributed by atoms with Crippen LogP contribution in [0.4, 0.5) is 18.9 Å². The summed E-state index contributed by atoms with van der Waals surface area (Å²) < 4.78 is 44.6. The van der Waals surface area contributed by atoms with Gasteiger partial charge in [0.2, 0.25) is 11.8 Å². The molecule has 4 rings (SSSR count). The first kappa shape index (κ1) is 16.3. The van der Waals surface area contributed by atoms with Crippen molar-refractivity contribution in [3.05, 3.63) is 42.0 Å². The topological polar surface area (TPSA) is 66.8 Å². The Labute approximate surface area is 140 Å². The quantitative estimate of drug-likeness (QED) is 0.651. The van der Waals surface area contributed by atoms with Crippen molar-refractivity contribution in [2.24, 2.45) is 11.8 Å². The minimum atomic E-state index is -4.58. The van der Waals surface area contributed by atoms with Crippen LogP contribution >= 0.6 is 0 Å². The number of benzene rings is 1. The van der Waals surface area contributed by atoms with Crippen molar-refractivity contribution in [2.45, 2.75) is 24.3 Å². The number of aliphatic hydroxyl groups excluding tert-OH is 1. The molecule has 4 atom stereocenters. The zero-order valence-electron chi connectivity index (χ0n) is 13.1. The number of alkyl halides is 3. The Balaban J connectivity index is 1.78. The van der Waals surface area contributed by atoms with Gasteiger partial charge in [0.25, 0.3) is 0 Å². The number of amides is 2. The summed E-state index contributed by atoms with van der Waals surface area (Å²) >= 11 is 0. The second-order valence-corrected chi connectivity index (χ2v) is 6.75. The summed E-state index contributed by atoms with van der Waals surface area (Å²) in [6, 6.07) is 4.09. The molecule has 0 spiro atoms. The van der Waals surface area contributed by atoms with Crippen LogP contribution in [-0.4, -0.2) is 34.7 Å². The van der Waals surface area contributed by atoms with Gasteiger partial charge >= 0.3 is 6.18 Å². The van der Waals surface area contributed by atoms with Crippen LogP contribution in [0.1, 0.15) is 12.5 Å². The van der Waals surface area contributed by atoms with Gasteiger partial charge in [0.1, 0.15) is 5.60 Å².